The summed E-state index contributed by atoms with van der Waals surface area (Å²) in [6.07, 6.45) is 1.94. The molecular weight excluding hydrogens is 404 g/mol. The van der Waals surface area contributed by atoms with E-state index in [9.17, 15) is 14.7 Å². The minimum absolute atomic E-state index is 0.0977. The SMILES string of the molecule is O=C(O)c1ccc(C(=O)c2cn(CCN3CCOCC3)c3ccccc23)c2ccccc12. The summed E-state index contributed by atoms with van der Waals surface area (Å²) >= 11 is 0. The van der Waals surface area contributed by atoms with Gasteiger partial charge in [-0.05, 0) is 29.0 Å². The molecule has 0 atom stereocenters. The Morgan fingerprint density at radius 2 is 1.41 bits per heavy atom. The van der Waals surface area contributed by atoms with Gasteiger partial charge in [0.1, 0.15) is 0 Å². The minimum Gasteiger partial charge on any atom is -0.478 e. The maximum atomic E-state index is 13.7. The van der Waals surface area contributed by atoms with E-state index in [1.54, 1.807) is 18.2 Å². The van der Waals surface area contributed by atoms with Gasteiger partial charge in [0.25, 0.3) is 0 Å². The molecule has 1 aliphatic rings. The highest BCUT2D eigenvalue weighted by Crippen LogP contribution is 2.29. The van der Waals surface area contributed by atoms with Crippen LogP contribution >= 0.6 is 0 Å². The van der Waals surface area contributed by atoms with E-state index in [0.717, 1.165) is 50.3 Å². The fraction of sp³-hybridized carbons (Fsp3) is 0.231. The number of carboxylic acid groups (broad SMARTS) is 1. The summed E-state index contributed by atoms with van der Waals surface area (Å²) < 4.78 is 7.58. The first-order chi connectivity index (χ1) is 15.6. The molecule has 3 aromatic carbocycles. The van der Waals surface area contributed by atoms with Crippen molar-refractivity contribution in [1.82, 2.24) is 9.47 Å². The Labute approximate surface area is 185 Å². The summed E-state index contributed by atoms with van der Waals surface area (Å²) in [5, 5.41) is 11.7. The predicted molar refractivity (Wildman–Crippen MR) is 124 cm³/mol. The number of aromatic nitrogens is 1. The summed E-state index contributed by atoms with van der Waals surface area (Å²) in [4.78, 5) is 27.7. The van der Waals surface area contributed by atoms with Crippen LogP contribution in [0.1, 0.15) is 26.3 Å². The van der Waals surface area contributed by atoms with Crippen molar-refractivity contribution in [3.8, 4) is 0 Å². The topological polar surface area (TPSA) is 71.8 Å². The molecule has 1 N–H and O–H groups in total. The van der Waals surface area contributed by atoms with Crippen LogP contribution < -0.4 is 0 Å². The number of nitrogens with zero attached hydrogens (tertiary/aromatic N) is 2. The number of fused-ring (bicyclic) bond motifs is 2. The number of carbonyl (C=O) groups excluding carboxylic acids is 1. The molecule has 0 radical (unpaired) electrons. The van der Waals surface area contributed by atoms with Crippen molar-refractivity contribution in [2.24, 2.45) is 0 Å². The number of carbonyl (C=O) groups is 2. The van der Waals surface area contributed by atoms with Gasteiger partial charge in [-0.25, -0.2) is 4.79 Å². The minimum atomic E-state index is -1.00. The van der Waals surface area contributed by atoms with Gasteiger partial charge in [0, 0.05) is 54.4 Å². The number of aromatic carboxylic acids is 1. The number of benzene rings is 3. The first-order valence-corrected chi connectivity index (χ1v) is 10.8. The Balaban J connectivity index is 1.54. The Bertz CT molecular complexity index is 1320. The van der Waals surface area contributed by atoms with Crippen molar-refractivity contribution in [2.45, 2.75) is 6.54 Å². The monoisotopic (exact) mass is 428 g/mol. The molecule has 0 saturated carbocycles. The van der Waals surface area contributed by atoms with Crippen molar-refractivity contribution >= 4 is 33.4 Å². The maximum absolute atomic E-state index is 13.7. The normalized spacial score (nSPS) is 14.8. The van der Waals surface area contributed by atoms with E-state index >= 15 is 0 Å². The third kappa shape index (κ3) is 3.68. The van der Waals surface area contributed by atoms with Crippen molar-refractivity contribution in [3.05, 3.63) is 83.6 Å². The molecule has 5 rings (SSSR count). The van der Waals surface area contributed by atoms with E-state index in [2.05, 4.69) is 9.47 Å². The molecule has 32 heavy (non-hydrogen) atoms. The number of hydrogen-bond acceptors (Lipinski definition) is 4. The van der Waals surface area contributed by atoms with Crippen molar-refractivity contribution in [1.29, 1.82) is 0 Å². The van der Waals surface area contributed by atoms with Crippen LogP contribution in [0.3, 0.4) is 0 Å². The quantitative estimate of drug-likeness (QED) is 0.469. The van der Waals surface area contributed by atoms with E-state index in [1.807, 2.05) is 42.6 Å². The Morgan fingerprint density at radius 1 is 0.781 bits per heavy atom. The van der Waals surface area contributed by atoms with Gasteiger partial charge >= 0.3 is 5.97 Å². The molecule has 1 fully saturated rings. The molecule has 1 aliphatic heterocycles. The lowest BCUT2D eigenvalue weighted by atomic mass is 9.94. The van der Waals surface area contributed by atoms with Crippen molar-refractivity contribution < 1.29 is 19.4 Å². The second-order valence-corrected chi connectivity index (χ2v) is 8.05. The van der Waals surface area contributed by atoms with E-state index < -0.39 is 5.97 Å². The smallest absolute Gasteiger partial charge is 0.336 e. The number of morpholine rings is 1. The average Bonchev–Trinajstić information content (AvgIpc) is 3.21. The maximum Gasteiger partial charge on any atom is 0.336 e. The van der Waals surface area contributed by atoms with Crippen LogP contribution in [0.15, 0.2) is 66.9 Å². The molecule has 1 aromatic heterocycles. The zero-order valence-electron chi connectivity index (χ0n) is 17.7. The molecule has 0 spiro atoms. The van der Waals surface area contributed by atoms with Crippen molar-refractivity contribution in [3.63, 3.8) is 0 Å². The lowest BCUT2D eigenvalue weighted by molar-refractivity contribution is 0.0365. The summed E-state index contributed by atoms with van der Waals surface area (Å²) in [7, 11) is 0. The predicted octanol–water partition coefficient (Wildman–Crippen LogP) is 4.06. The summed E-state index contributed by atoms with van der Waals surface area (Å²) in [5.74, 6) is -1.10. The molecule has 162 valence electrons. The lowest BCUT2D eigenvalue weighted by Gasteiger charge is -2.26. The molecule has 0 aliphatic carbocycles. The van der Waals surface area contributed by atoms with E-state index in [0.29, 0.717) is 21.9 Å². The van der Waals surface area contributed by atoms with Gasteiger partial charge in [-0.1, -0.05) is 42.5 Å². The van der Waals surface area contributed by atoms with E-state index in [-0.39, 0.29) is 11.3 Å². The average molecular weight is 428 g/mol. The van der Waals surface area contributed by atoms with Crippen LogP contribution in [0.4, 0.5) is 0 Å². The molecule has 4 aromatic rings. The van der Waals surface area contributed by atoms with Crippen LogP contribution in [0, 0.1) is 0 Å². The van der Waals surface area contributed by atoms with Gasteiger partial charge in [-0.15, -0.1) is 0 Å². The van der Waals surface area contributed by atoms with E-state index in [4.69, 9.17) is 4.74 Å². The number of para-hydroxylation sites is 1. The molecule has 6 heteroatoms. The zero-order chi connectivity index (χ0) is 22.1. The van der Waals surface area contributed by atoms with Crippen molar-refractivity contribution in [2.75, 3.05) is 32.8 Å². The van der Waals surface area contributed by atoms with E-state index in [1.165, 1.54) is 6.07 Å². The molecule has 1 saturated heterocycles. The second-order valence-electron chi connectivity index (χ2n) is 8.05. The van der Waals surface area contributed by atoms with Gasteiger partial charge in [0.15, 0.2) is 5.78 Å². The zero-order valence-corrected chi connectivity index (χ0v) is 17.7. The first-order valence-electron chi connectivity index (χ1n) is 10.8. The highest BCUT2D eigenvalue weighted by molar-refractivity contribution is 6.22. The Kier molecular flexibility index (Phi) is 5.47. The summed E-state index contributed by atoms with van der Waals surface area (Å²) in [6.45, 7) is 5.04. The Morgan fingerprint density at radius 3 is 2.12 bits per heavy atom. The number of rotatable bonds is 6. The third-order valence-electron chi connectivity index (χ3n) is 6.19. The fourth-order valence-corrected chi connectivity index (χ4v) is 4.52. The number of ketones is 1. The van der Waals surface area contributed by atoms with Crippen LogP contribution in [0.25, 0.3) is 21.7 Å². The summed E-state index contributed by atoms with van der Waals surface area (Å²) in [5.41, 5.74) is 2.37. The van der Waals surface area contributed by atoms with Crippen LogP contribution in [-0.4, -0.2) is 59.2 Å². The highest BCUT2D eigenvalue weighted by Gasteiger charge is 2.21. The number of carboxylic acids is 1. The fourth-order valence-electron chi connectivity index (χ4n) is 4.52. The lowest BCUT2D eigenvalue weighted by Crippen LogP contribution is -2.38. The van der Waals surface area contributed by atoms with Gasteiger partial charge in [-0.3, -0.25) is 9.69 Å². The molecule has 6 nitrogen and oxygen atoms in total. The van der Waals surface area contributed by atoms with Gasteiger partial charge in [-0.2, -0.15) is 0 Å². The number of ether oxygens (including phenoxy) is 1. The first kappa shape index (κ1) is 20.4. The standard InChI is InChI=1S/C26H24N2O4/c29-25(21-9-10-22(26(30)31)19-6-2-1-5-18(19)21)23-17-28(24-8-4-3-7-20(23)24)12-11-27-13-15-32-16-14-27/h1-10,17H,11-16H2,(H,30,31). The molecule has 0 amide bonds. The molecular formula is C26H24N2O4. The van der Waals surface area contributed by atoms with Crippen LogP contribution in [0.5, 0.6) is 0 Å². The van der Waals surface area contributed by atoms with Crippen LogP contribution in [-0.2, 0) is 11.3 Å². The summed E-state index contributed by atoms with van der Waals surface area (Å²) in [6, 6.07) is 18.3. The highest BCUT2D eigenvalue weighted by atomic mass is 16.5. The molecule has 2 heterocycles. The van der Waals surface area contributed by atoms with Gasteiger partial charge < -0.3 is 14.4 Å². The van der Waals surface area contributed by atoms with Gasteiger partial charge in [0.2, 0.25) is 0 Å². The number of hydrogen-bond donors (Lipinski definition) is 1. The second kappa shape index (κ2) is 8.57. The van der Waals surface area contributed by atoms with Crippen LogP contribution in [0.2, 0.25) is 0 Å². The molecule has 0 bridgehead atoms. The van der Waals surface area contributed by atoms with Gasteiger partial charge in [0.05, 0.1) is 18.8 Å². The third-order valence-corrected chi connectivity index (χ3v) is 6.19. The largest absolute Gasteiger partial charge is 0.478 e. The Hall–Kier alpha value is -3.48. The molecule has 0 unspecified atom stereocenters.